The third-order valence-corrected chi connectivity index (χ3v) is 4.27. The zero-order chi connectivity index (χ0) is 12.9. The molecule has 0 bridgehead atoms. The molecule has 0 amide bonds. The Balaban J connectivity index is 3.02. The summed E-state index contributed by atoms with van der Waals surface area (Å²) in [5.41, 5.74) is 0.663. The highest BCUT2D eigenvalue weighted by Crippen LogP contribution is 2.19. The number of esters is 1. The van der Waals surface area contributed by atoms with Gasteiger partial charge in [-0.3, -0.25) is 4.79 Å². The van der Waals surface area contributed by atoms with E-state index in [4.69, 9.17) is 0 Å². The standard InChI is InChI=1S/C12H16O4S/c1-3-17(14,15)9-11(12(13)16-2)10-7-5-4-6-8-10/h4-8,11H,3,9H2,1-2H3. The van der Waals surface area contributed by atoms with Gasteiger partial charge in [-0.15, -0.1) is 0 Å². The predicted molar refractivity (Wildman–Crippen MR) is 65.5 cm³/mol. The van der Waals surface area contributed by atoms with Crippen LogP contribution < -0.4 is 0 Å². The molecule has 0 aliphatic rings. The number of hydrogen-bond acceptors (Lipinski definition) is 4. The van der Waals surface area contributed by atoms with Crippen molar-refractivity contribution < 1.29 is 17.9 Å². The van der Waals surface area contributed by atoms with Gasteiger partial charge in [-0.05, 0) is 5.56 Å². The maximum absolute atomic E-state index is 11.6. The lowest BCUT2D eigenvalue weighted by Gasteiger charge is -2.14. The van der Waals surface area contributed by atoms with E-state index in [2.05, 4.69) is 4.74 Å². The summed E-state index contributed by atoms with van der Waals surface area (Å²) in [6, 6.07) is 8.80. The smallest absolute Gasteiger partial charge is 0.314 e. The molecule has 0 spiro atoms. The Morgan fingerprint density at radius 2 is 1.88 bits per heavy atom. The van der Waals surface area contributed by atoms with Gasteiger partial charge in [0.05, 0.1) is 18.8 Å². The molecule has 1 aromatic rings. The summed E-state index contributed by atoms with van der Waals surface area (Å²) in [4.78, 5) is 11.6. The van der Waals surface area contributed by atoms with E-state index in [-0.39, 0.29) is 11.5 Å². The third kappa shape index (κ3) is 3.85. The Labute approximate surface area is 102 Å². The molecule has 0 aliphatic heterocycles. The minimum absolute atomic E-state index is 0.0212. The average Bonchev–Trinajstić information content (AvgIpc) is 2.36. The maximum atomic E-state index is 11.6. The van der Waals surface area contributed by atoms with Crippen molar-refractivity contribution in [3.05, 3.63) is 35.9 Å². The first-order valence-electron chi connectivity index (χ1n) is 5.33. The first-order valence-corrected chi connectivity index (χ1v) is 7.15. The fourth-order valence-corrected chi connectivity index (χ4v) is 2.57. The number of hydrogen-bond donors (Lipinski definition) is 0. The van der Waals surface area contributed by atoms with Gasteiger partial charge in [-0.2, -0.15) is 0 Å². The highest BCUT2D eigenvalue weighted by molar-refractivity contribution is 7.91. The van der Waals surface area contributed by atoms with Crippen LogP contribution >= 0.6 is 0 Å². The van der Waals surface area contributed by atoms with E-state index in [0.29, 0.717) is 5.56 Å². The highest BCUT2D eigenvalue weighted by Gasteiger charge is 2.26. The first kappa shape index (κ1) is 13.7. The van der Waals surface area contributed by atoms with Crippen LogP contribution in [0.1, 0.15) is 18.4 Å². The van der Waals surface area contributed by atoms with E-state index in [1.807, 2.05) is 6.07 Å². The number of methoxy groups -OCH3 is 1. The van der Waals surface area contributed by atoms with Gasteiger partial charge in [-0.1, -0.05) is 37.3 Å². The fraction of sp³-hybridized carbons (Fsp3) is 0.417. The zero-order valence-electron chi connectivity index (χ0n) is 9.92. The molecule has 94 valence electrons. The molecule has 0 fully saturated rings. The van der Waals surface area contributed by atoms with Crippen LogP contribution in [-0.4, -0.2) is 33.0 Å². The summed E-state index contributed by atoms with van der Waals surface area (Å²) in [6.07, 6.45) is 0. The van der Waals surface area contributed by atoms with Crippen LogP contribution in [0.5, 0.6) is 0 Å². The number of benzene rings is 1. The Morgan fingerprint density at radius 1 is 1.29 bits per heavy atom. The normalized spacial score (nSPS) is 13.1. The monoisotopic (exact) mass is 256 g/mol. The zero-order valence-corrected chi connectivity index (χ0v) is 10.7. The lowest BCUT2D eigenvalue weighted by molar-refractivity contribution is -0.141. The van der Waals surface area contributed by atoms with Crippen LogP contribution in [0.15, 0.2) is 30.3 Å². The summed E-state index contributed by atoms with van der Waals surface area (Å²) >= 11 is 0. The van der Waals surface area contributed by atoms with Crippen LogP contribution in [0.25, 0.3) is 0 Å². The topological polar surface area (TPSA) is 60.4 Å². The molecular weight excluding hydrogens is 240 g/mol. The molecule has 1 aromatic carbocycles. The van der Waals surface area contributed by atoms with Gasteiger partial charge in [0.1, 0.15) is 0 Å². The van der Waals surface area contributed by atoms with E-state index in [1.54, 1.807) is 31.2 Å². The summed E-state index contributed by atoms with van der Waals surface area (Å²) in [5.74, 6) is -1.45. The van der Waals surface area contributed by atoms with Crippen LogP contribution in [0.2, 0.25) is 0 Å². The molecule has 1 rings (SSSR count). The molecule has 0 saturated heterocycles. The summed E-state index contributed by atoms with van der Waals surface area (Å²) < 4.78 is 27.8. The van der Waals surface area contributed by atoms with E-state index < -0.39 is 21.7 Å². The third-order valence-electron chi connectivity index (χ3n) is 2.55. The van der Waals surface area contributed by atoms with Crippen molar-refractivity contribution in [1.29, 1.82) is 0 Å². The second kappa shape index (κ2) is 5.82. The molecule has 0 N–H and O–H groups in total. The number of carbonyl (C=O) groups excluding carboxylic acids is 1. The van der Waals surface area contributed by atoms with Crippen LogP contribution in [0.3, 0.4) is 0 Å². The Kier molecular flexibility index (Phi) is 4.69. The summed E-state index contributed by atoms with van der Waals surface area (Å²) in [7, 11) is -1.96. The number of carbonyl (C=O) groups is 1. The first-order chi connectivity index (χ1) is 8.00. The van der Waals surface area contributed by atoms with Gasteiger partial charge in [0, 0.05) is 5.75 Å². The molecule has 0 saturated carbocycles. The van der Waals surface area contributed by atoms with Crippen molar-refractivity contribution in [3.8, 4) is 0 Å². The molecule has 1 unspecified atom stereocenters. The van der Waals surface area contributed by atoms with E-state index in [1.165, 1.54) is 7.11 Å². The second-order valence-corrected chi connectivity index (χ2v) is 6.08. The Morgan fingerprint density at radius 3 is 2.35 bits per heavy atom. The van der Waals surface area contributed by atoms with Gasteiger partial charge < -0.3 is 4.74 Å². The maximum Gasteiger partial charge on any atom is 0.314 e. The van der Waals surface area contributed by atoms with Crippen molar-refractivity contribution in [1.82, 2.24) is 0 Å². The van der Waals surface area contributed by atoms with Crippen LogP contribution in [0, 0.1) is 0 Å². The number of sulfone groups is 1. The molecule has 0 heterocycles. The molecule has 0 radical (unpaired) electrons. The Bertz CT molecular complexity index is 465. The van der Waals surface area contributed by atoms with E-state index in [0.717, 1.165) is 0 Å². The van der Waals surface area contributed by atoms with Crippen molar-refractivity contribution in [3.63, 3.8) is 0 Å². The van der Waals surface area contributed by atoms with E-state index >= 15 is 0 Å². The lowest BCUT2D eigenvalue weighted by Crippen LogP contribution is -2.24. The molecule has 5 heteroatoms. The molecule has 0 aromatic heterocycles. The molecule has 1 atom stereocenters. The number of rotatable bonds is 5. The van der Waals surface area contributed by atoms with Gasteiger partial charge in [0.2, 0.25) is 0 Å². The van der Waals surface area contributed by atoms with Crippen molar-refractivity contribution in [2.75, 3.05) is 18.6 Å². The molecule has 17 heavy (non-hydrogen) atoms. The van der Waals surface area contributed by atoms with Crippen molar-refractivity contribution >= 4 is 15.8 Å². The summed E-state index contributed by atoms with van der Waals surface area (Å²) in [5, 5.41) is 0. The number of ether oxygens (including phenoxy) is 1. The second-order valence-electron chi connectivity index (χ2n) is 3.69. The van der Waals surface area contributed by atoms with Gasteiger partial charge in [-0.25, -0.2) is 8.42 Å². The average molecular weight is 256 g/mol. The van der Waals surface area contributed by atoms with Crippen LogP contribution in [-0.2, 0) is 19.4 Å². The minimum atomic E-state index is -3.22. The quantitative estimate of drug-likeness (QED) is 0.747. The van der Waals surface area contributed by atoms with Crippen molar-refractivity contribution in [2.24, 2.45) is 0 Å². The molecular formula is C12H16O4S. The van der Waals surface area contributed by atoms with Gasteiger partial charge >= 0.3 is 5.97 Å². The van der Waals surface area contributed by atoms with Crippen molar-refractivity contribution in [2.45, 2.75) is 12.8 Å². The SMILES string of the molecule is CCS(=O)(=O)CC(C(=O)OC)c1ccccc1. The van der Waals surface area contributed by atoms with E-state index in [9.17, 15) is 13.2 Å². The largest absolute Gasteiger partial charge is 0.469 e. The lowest BCUT2D eigenvalue weighted by atomic mass is 10.0. The molecule has 0 aliphatic carbocycles. The van der Waals surface area contributed by atoms with Gasteiger partial charge in [0.15, 0.2) is 9.84 Å². The van der Waals surface area contributed by atoms with Crippen LogP contribution in [0.4, 0.5) is 0 Å². The highest BCUT2D eigenvalue weighted by atomic mass is 32.2. The fourth-order valence-electron chi connectivity index (χ4n) is 1.50. The van der Waals surface area contributed by atoms with Gasteiger partial charge in [0.25, 0.3) is 0 Å². The molecule has 4 nitrogen and oxygen atoms in total. The minimum Gasteiger partial charge on any atom is -0.469 e. The Hall–Kier alpha value is -1.36. The summed E-state index contributed by atoms with van der Waals surface area (Å²) in [6.45, 7) is 1.56. The predicted octanol–water partition coefficient (Wildman–Crippen LogP) is 1.38.